The molecule has 2 N–H and O–H groups in total. The quantitative estimate of drug-likeness (QED) is 0.874. The van der Waals surface area contributed by atoms with Gasteiger partial charge in [0, 0.05) is 0 Å². The smallest absolute Gasteiger partial charge is 0.412 e. The Balaban J connectivity index is 2.10. The number of nitrogens with one attached hydrogen (secondary N) is 1. The number of amides is 1. The standard InChI is InChI=1S/C16H20ClNO4/c1-15(2,3)22-14(21)18-12-8-10(4-5-11(12)17)9-16(6-7-16)13(19)20/h4-5,8H,6-7,9H2,1-3H3,(H,18,21)(H,19,20). The molecule has 1 aromatic rings. The van der Waals surface area contributed by atoms with E-state index in [-0.39, 0.29) is 0 Å². The van der Waals surface area contributed by atoms with Crippen LogP contribution in [-0.4, -0.2) is 22.8 Å². The van der Waals surface area contributed by atoms with Gasteiger partial charge < -0.3 is 9.84 Å². The summed E-state index contributed by atoms with van der Waals surface area (Å²) in [6, 6.07) is 5.14. The van der Waals surface area contributed by atoms with Crippen LogP contribution in [0.4, 0.5) is 10.5 Å². The number of rotatable bonds is 4. The van der Waals surface area contributed by atoms with Crippen LogP contribution in [0.15, 0.2) is 18.2 Å². The summed E-state index contributed by atoms with van der Waals surface area (Å²) in [5.74, 6) is -0.774. The molecule has 1 saturated carbocycles. The van der Waals surface area contributed by atoms with Crippen molar-refractivity contribution >= 4 is 29.4 Å². The molecule has 0 heterocycles. The normalized spacial score (nSPS) is 16.0. The molecule has 5 nitrogen and oxygen atoms in total. The predicted octanol–water partition coefficient (Wildman–Crippen LogP) is 4.09. The molecule has 6 heteroatoms. The topological polar surface area (TPSA) is 75.6 Å². The van der Waals surface area contributed by atoms with Crippen LogP contribution < -0.4 is 5.32 Å². The molecule has 1 aromatic carbocycles. The average molecular weight is 326 g/mol. The Kier molecular flexibility index (Phi) is 4.38. The average Bonchev–Trinajstić information content (AvgIpc) is 3.12. The van der Waals surface area contributed by atoms with Crippen molar-refractivity contribution in [3.05, 3.63) is 28.8 Å². The van der Waals surface area contributed by atoms with Crippen LogP contribution in [0, 0.1) is 5.41 Å². The first kappa shape index (κ1) is 16.6. The van der Waals surface area contributed by atoms with E-state index in [4.69, 9.17) is 16.3 Å². The fraction of sp³-hybridized carbons (Fsp3) is 0.500. The minimum absolute atomic E-state index is 0.384. The van der Waals surface area contributed by atoms with Crippen LogP contribution in [0.1, 0.15) is 39.2 Å². The molecule has 1 aliphatic carbocycles. The van der Waals surface area contributed by atoms with E-state index in [1.54, 1.807) is 39.0 Å². The molecule has 0 spiro atoms. The molecule has 1 aliphatic rings. The number of benzene rings is 1. The van der Waals surface area contributed by atoms with Crippen molar-refractivity contribution in [3.63, 3.8) is 0 Å². The van der Waals surface area contributed by atoms with Crippen LogP contribution in [0.2, 0.25) is 5.02 Å². The van der Waals surface area contributed by atoms with E-state index in [9.17, 15) is 14.7 Å². The Morgan fingerprint density at radius 2 is 2.00 bits per heavy atom. The minimum atomic E-state index is -0.774. The van der Waals surface area contributed by atoms with E-state index >= 15 is 0 Å². The molecule has 0 atom stereocenters. The number of carbonyl (C=O) groups is 2. The number of halogens is 1. The van der Waals surface area contributed by atoms with Gasteiger partial charge in [-0.25, -0.2) is 4.79 Å². The number of ether oxygens (including phenoxy) is 1. The van der Waals surface area contributed by atoms with Crippen molar-refractivity contribution < 1.29 is 19.4 Å². The van der Waals surface area contributed by atoms with E-state index in [0.29, 0.717) is 30.0 Å². The van der Waals surface area contributed by atoms with Crippen molar-refractivity contribution in [2.24, 2.45) is 5.41 Å². The van der Waals surface area contributed by atoms with Crippen molar-refractivity contribution in [3.8, 4) is 0 Å². The third-order valence-corrected chi connectivity index (χ3v) is 3.85. The van der Waals surface area contributed by atoms with Crippen LogP contribution in [0.25, 0.3) is 0 Å². The molecule has 0 unspecified atom stereocenters. The molecule has 0 bridgehead atoms. The number of aliphatic carboxylic acids is 1. The Bertz CT molecular complexity index is 603. The molecular formula is C16H20ClNO4. The van der Waals surface area contributed by atoms with Gasteiger partial charge >= 0.3 is 12.1 Å². The summed E-state index contributed by atoms with van der Waals surface area (Å²) in [4.78, 5) is 23.1. The first-order valence-corrected chi connectivity index (χ1v) is 7.51. The molecule has 0 radical (unpaired) electrons. The Labute approximate surface area is 134 Å². The van der Waals surface area contributed by atoms with Gasteiger partial charge in [0.15, 0.2) is 0 Å². The van der Waals surface area contributed by atoms with Crippen LogP contribution in [0.5, 0.6) is 0 Å². The number of anilines is 1. The van der Waals surface area contributed by atoms with E-state index in [1.165, 1.54) is 0 Å². The Morgan fingerprint density at radius 3 is 2.50 bits per heavy atom. The van der Waals surface area contributed by atoms with Gasteiger partial charge in [0.2, 0.25) is 0 Å². The summed E-state index contributed by atoms with van der Waals surface area (Å²) in [5, 5.41) is 12.2. The lowest BCUT2D eigenvalue weighted by Crippen LogP contribution is -2.27. The highest BCUT2D eigenvalue weighted by atomic mass is 35.5. The first-order chi connectivity index (χ1) is 10.1. The van der Waals surface area contributed by atoms with Gasteiger partial charge in [-0.05, 0) is 57.7 Å². The van der Waals surface area contributed by atoms with Crippen molar-refractivity contribution in [2.45, 2.75) is 45.6 Å². The van der Waals surface area contributed by atoms with Gasteiger partial charge in [-0.15, -0.1) is 0 Å². The molecule has 0 saturated heterocycles. The van der Waals surface area contributed by atoms with Crippen LogP contribution in [0.3, 0.4) is 0 Å². The number of carbonyl (C=O) groups excluding carboxylic acids is 1. The fourth-order valence-electron chi connectivity index (χ4n) is 2.20. The van der Waals surface area contributed by atoms with E-state index in [1.807, 2.05) is 0 Å². The minimum Gasteiger partial charge on any atom is -0.481 e. The zero-order valence-corrected chi connectivity index (χ0v) is 13.7. The summed E-state index contributed by atoms with van der Waals surface area (Å²) in [6.07, 6.45) is 1.20. The third kappa shape index (κ3) is 4.13. The molecule has 2 rings (SSSR count). The van der Waals surface area contributed by atoms with Gasteiger partial charge in [0.25, 0.3) is 0 Å². The summed E-state index contributed by atoms with van der Waals surface area (Å²) < 4.78 is 5.19. The Morgan fingerprint density at radius 1 is 1.36 bits per heavy atom. The van der Waals surface area contributed by atoms with Crippen molar-refractivity contribution in [2.75, 3.05) is 5.32 Å². The number of hydrogen-bond acceptors (Lipinski definition) is 3. The highest BCUT2D eigenvalue weighted by Gasteiger charge is 2.49. The predicted molar refractivity (Wildman–Crippen MR) is 84.3 cm³/mol. The third-order valence-electron chi connectivity index (χ3n) is 3.52. The van der Waals surface area contributed by atoms with Gasteiger partial charge in [-0.3, -0.25) is 10.1 Å². The van der Waals surface area contributed by atoms with Gasteiger partial charge in [0.05, 0.1) is 16.1 Å². The molecule has 0 aliphatic heterocycles. The lowest BCUT2D eigenvalue weighted by Gasteiger charge is -2.20. The lowest BCUT2D eigenvalue weighted by molar-refractivity contribution is -0.143. The van der Waals surface area contributed by atoms with Crippen LogP contribution >= 0.6 is 11.6 Å². The second kappa shape index (κ2) is 5.80. The van der Waals surface area contributed by atoms with E-state index in [2.05, 4.69) is 5.32 Å². The molecule has 120 valence electrons. The fourth-order valence-corrected chi connectivity index (χ4v) is 2.36. The number of carboxylic acid groups (broad SMARTS) is 1. The largest absolute Gasteiger partial charge is 0.481 e. The van der Waals surface area contributed by atoms with Gasteiger partial charge in [-0.2, -0.15) is 0 Å². The summed E-state index contributed by atoms with van der Waals surface area (Å²) in [6.45, 7) is 5.32. The molecule has 22 heavy (non-hydrogen) atoms. The molecule has 1 amide bonds. The van der Waals surface area contributed by atoms with E-state index < -0.39 is 23.1 Å². The zero-order chi connectivity index (χ0) is 16.5. The maximum Gasteiger partial charge on any atom is 0.412 e. The SMILES string of the molecule is CC(C)(C)OC(=O)Nc1cc(CC2(C(=O)O)CC2)ccc1Cl. The maximum absolute atomic E-state index is 11.8. The number of hydrogen-bond donors (Lipinski definition) is 2. The van der Waals surface area contributed by atoms with Crippen molar-refractivity contribution in [1.29, 1.82) is 0 Å². The molecule has 0 aromatic heterocycles. The molecular weight excluding hydrogens is 306 g/mol. The zero-order valence-electron chi connectivity index (χ0n) is 12.9. The highest BCUT2D eigenvalue weighted by Crippen LogP contribution is 2.48. The number of carboxylic acids is 1. The highest BCUT2D eigenvalue weighted by molar-refractivity contribution is 6.33. The molecule has 1 fully saturated rings. The summed E-state index contributed by atoms with van der Waals surface area (Å²) in [7, 11) is 0. The van der Waals surface area contributed by atoms with Gasteiger partial charge in [0.1, 0.15) is 5.60 Å². The van der Waals surface area contributed by atoms with Crippen molar-refractivity contribution in [1.82, 2.24) is 0 Å². The second-order valence-electron chi connectivity index (χ2n) is 6.70. The summed E-state index contributed by atoms with van der Waals surface area (Å²) in [5.41, 5.74) is -0.00278. The summed E-state index contributed by atoms with van der Waals surface area (Å²) >= 11 is 6.07. The lowest BCUT2D eigenvalue weighted by atomic mass is 9.96. The Hall–Kier alpha value is -1.75. The second-order valence-corrected chi connectivity index (χ2v) is 7.11. The monoisotopic (exact) mass is 325 g/mol. The van der Waals surface area contributed by atoms with Gasteiger partial charge in [-0.1, -0.05) is 17.7 Å². The maximum atomic E-state index is 11.8. The first-order valence-electron chi connectivity index (χ1n) is 7.13. The van der Waals surface area contributed by atoms with Crippen LogP contribution in [-0.2, 0) is 16.0 Å². The van der Waals surface area contributed by atoms with E-state index in [0.717, 1.165) is 5.56 Å².